The first-order valence-corrected chi connectivity index (χ1v) is 7.09. The average Bonchev–Trinajstić information content (AvgIpc) is 2.36. The van der Waals surface area contributed by atoms with Gasteiger partial charge in [0.15, 0.2) is 0 Å². The fraction of sp³-hybridized carbons (Fsp3) is 0.333. The summed E-state index contributed by atoms with van der Waals surface area (Å²) in [6, 6.07) is 6.65. The first kappa shape index (κ1) is 15.9. The second-order valence-corrected chi connectivity index (χ2v) is 6.54. The topological polar surface area (TPSA) is 25.8 Å². The largest absolute Gasteiger partial charge is 0.416 e. The lowest BCUT2D eigenvalue weighted by molar-refractivity contribution is -0.137. The first-order chi connectivity index (χ1) is 9.57. The minimum atomic E-state index is -4.33. The summed E-state index contributed by atoms with van der Waals surface area (Å²) >= 11 is 3.32. The van der Waals surface area contributed by atoms with Gasteiger partial charge in [0, 0.05) is 11.0 Å². The maximum Gasteiger partial charge on any atom is 0.416 e. The van der Waals surface area contributed by atoms with Gasteiger partial charge >= 0.3 is 6.18 Å². The van der Waals surface area contributed by atoms with E-state index in [9.17, 15) is 13.2 Å². The molecule has 0 unspecified atom stereocenters. The van der Waals surface area contributed by atoms with E-state index in [1.54, 1.807) is 6.07 Å². The van der Waals surface area contributed by atoms with Gasteiger partial charge in [0.1, 0.15) is 10.4 Å². The third kappa shape index (κ3) is 3.81. The molecule has 0 saturated carbocycles. The van der Waals surface area contributed by atoms with E-state index in [2.05, 4.69) is 25.9 Å². The van der Waals surface area contributed by atoms with Crippen molar-refractivity contribution in [1.82, 2.24) is 9.97 Å². The van der Waals surface area contributed by atoms with Gasteiger partial charge in [-0.15, -0.1) is 0 Å². The Balaban J connectivity index is 2.45. The standard InChI is InChI=1S/C15H14BrF3N2/c1-14(2,3)13-20-11(8-12(16)21-13)9-4-6-10(7-5-9)15(17,18)19/h4-8H,1-3H3. The van der Waals surface area contributed by atoms with Gasteiger partial charge in [-0.1, -0.05) is 32.9 Å². The SMILES string of the molecule is CC(C)(C)c1nc(Br)cc(-c2ccc(C(F)(F)F)cc2)n1. The Hall–Kier alpha value is -1.43. The third-order valence-corrected chi connectivity index (χ3v) is 3.28. The van der Waals surface area contributed by atoms with Crippen LogP contribution in [0.25, 0.3) is 11.3 Å². The van der Waals surface area contributed by atoms with Crippen LogP contribution in [0.3, 0.4) is 0 Å². The Kier molecular flexibility index (Phi) is 4.10. The molecular weight excluding hydrogens is 345 g/mol. The van der Waals surface area contributed by atoms with Crippen molar-refractivity contribution >= 4 is 15.9 Å². The molecule has 0 spiro atoms. The van der Waals surface area contributed by atoms with Crippen LogP contribution in [0.1, 0.15) is 32.2 Å². The summed E-state index contributed by atoms with van der Waals surface area (Å²) in [6.45, 7) is 5.93. The zero-order chi connectivity index (χ0) is 15.8. The van der Waals surface area contributed by atoms with Crippen LogP contribution in [0.15, 0.2) is 34.9 Å². The number of benzene rings is 1. The van der Waals surface area contributed by atoms with Crippen LogP contribution >= 0.6 is 15.9 Å². The second kappa shape index (κ2) is 5.40. The molecule has 0 aliphatic heterocycles. The first-order valence-electron chi connectivity index (χ1n) is 6.30. The van der Waals surface area contributed by atoms with Crippen molar-refractivity contribution in [3.63, 3.8) is 0 Å². The second-order valence-electron chi connectivity index (χ2n) is 5.72. The molecule has 0 atom stereocenters. The van der Waals surface area contributed by atoms with Crippen molar-refractivity contribution in [2.75, 3.05) is 0 Å². The lowest BCUT2D eigenvalue weighted by atomic mass is 9.95. The van der Waals surface area contributed by atoms with Crippen LogP contribution in [-0.4, -0.2) is 9.97 Å². The molecule has 6 heteroatoms. The molecule has 21 heavy (non-hydrogen) atoms. The van der Waals surface area contributed by atoms with Gasteiger partial charge in [0.25, 0.3) is 0 Å². The summed E-state index contributed by atoms with van der Waals surface area (Å²) in [6.07, 6.45) is -4.33. The molecule has 1 aromatic carbocycles. The van der Waals surface area contributed by atoms with Gasteiger partial charge in [-0.2, -0.15) is 13.2 Å². The third-order valence-electron chi connectivity index (χ3n) is 2.87. The average molecular weight is 359 g/mol. The van der Waals surface area contributed by atoms with Gasteiger partial charge in [-0.3, -0.25) is 0 Å². The maximum absolute atomic E-state index is 12.6. The van der Waals surface area contributed by atoms with Crippen LogP contribution in [0.2, 0.25) is 0 Å². The van der Waals surface area contributed by atoms with E-state index in [-0.39, 0.29) is 5.41 Å². The zero-order valence-corrected chi connectivity index (χ0v) is 13.4. The van der Waals surface area contributed by atoms with Crippen LogP contribution in [-0.2, 0) is 11.6 Å². The number of halogens is 4. The Bertz CT molecular complexity index is 643. The minimum absolute atomic E-state index is 0.246. The van der Waals surface area contributed by atoms with E-state index in [1.165, 1.54) is 12.1 Å². The smallest absolute Gasteiger partial charge is 0.232 e. The van der Waals surface area contributed by atoms with E-state index in [0.717, 1.165) is 12.1 Å². The predicted octanol–water partition coefficient (Wildman–Crippen LogP) is 5.22. The summed E-state index contributed by atoms with van der Waals surface area (Å²) in [5.74, 6) is 0.631. The van der Waals surface area contributed by atoms with E-state index >= 15 is 0 Å². The molecule has 0 fully saturated rings. The quantitative estimate of drug-likeness (QED) is 0.653. The van der Waals surface area contributed by atoms with Gasteiger partial charge < -0.3 is 0 Å². The molecule has 2 rings (SSSR count). The lowest BCUT2D eigenvalue weighted by Gasteiger charge is -2.17. The van der Waals surface area contributed by atoms with Gasteiger partial charge in [0.2, 0.25) is 0 Å². The maximum atomic E-state index is 12.6. The van der Waals surface area contributed by atoms with Crippen LogP contribution in [0.5, 0.6) is 0 Å². The molecule has 0 bridgehead atoms. The molecule has 0 radical (unpaired) electrons. The van der Waals surface area contributed by atoms with Crippen LogP contribution in [0.4, 0.5) is 13.2 Å². The van der Waals surface area contributed by atoms with E-state index in [1.807, 2.05) is 20.8 Å². The number of hydrogen-bond acceptors (Lipinski definition) is 2. The highest BCUT2D eigenvalue weighted by Gasteiger charge is 2.30. The number of rotatable bonds is 1. The fourth-order valence-corrected chi connectivity index (χ4v) is 2.12. The normalized spacial score (nSPS) is 12.5. The van der Waals surface area contributed by atoms with Crippen LogP contribution < -0.4 is 0 Å². The van der Waals surface area contributed by atoms with Crippen molar-refractivity contribution in [2.45, 2.75) is 32.4 Å². The molecule has 1 aromatic heterocycles. The summed E-state index contributed by atoms with van der Waals surface area (Å²) < 4.78 is 38.3. The fourth-order valence-electron chi connectivity index (χ4n) is 1.73. The molecule has 0 aliphatic rings. The number of nitrogens with zero attached hydrogens (tertiary/aromatic N) is 2. The van der Waals surface area contributed by atoms with Gasteiger partial charge in [-0.05, 0) is 34.1 Å². The van der Waals surface area contributed by atoms with Crippen molar-refractivity contribution in [3.8, 4) is 11.3 Å². The molecule has 0 aliphatic carbocycles. The summed E-state index contributed by atoms with van der Waals surface area (Å²) in [7, 11) is 0. The van der Waals surface area contributed by atoms with E-state index < -0.39 is 11.7 Å². The Morgan fingerprint density at radius 1 is 0.952 bits per heavy atom. The lowest BCUT2D eigenvalue weighted by Crippen LogP contribution is -2.16. The zero-order valence-electron chi connectivity index (χ0n) is 11.8. The predicted molar refractivity (Wildman–Crippen MR) is 78.9 cm³/mol. The van der Waals surface area contributed by atoms with Gasteiger partial charge in [-0.25, -0.2) is 9.97 Å². The molecule has 2 aromatic rings. The molecule has 0 saturated heterocycles. The molecule has 0 N–H and O–H groups in total. The van der Waals surface area contributed by atoms with Crippen molar-refractivity contribution < 1.29 is 13.2 Å². The van der Waals surface area contributed by atoms with Crippen LogP contribution in [0, 0.1) is 0 Å². The highest BCUT2D eigenvalue weighted by molar-refractivity contribution is 9.10. The molecular formula is C15H14BrF3N2. The Morgan fingerprint density at radius 2 is 1.52 bits per heavy atom. The summed E-state index contributed by atoms with van der Waals surface area (Å²) in [5.41, 5.74) is 0.298. The summed E-state index contributed by atoms with van der Waals surface area (Å²) in [5, 5.41) is 0. The van der Waals surface area contributed by atoms with Gasteiger partial charge in [0.05, 0.1) is 11.3 Å². The monoisotopic (exact) mass is 358 g/mol. The highest BCUT2D eigenvalue weighted by Crippen LogP contribution is 2.31. The number of aromatic nitrogens is 2. The minimum Gasteiger partial charge on any atom is -0.232 e. The van der Waals surface area contributed by atoms with Crippen molar-refractivity contribution in [3.05, 3.63) is 46.3 Å². The Labute approximate surface area is 129 Å². The van der Waals surface area contributed by atoms with E-state index in [4.69, 9.17) is 0 Å². The van der Waals surface area contributed by atoms with Crippen molar-refractivity contribution in [1.29, 1.82) is 0 Å². The number of alkyl halides is 3. The molecule has 1 heterocycles. The Morgan fingerprint density at radius 3 is 2.00 bits per heavy atom. The molecule has 112 valence electrons. The molecule has 0 amide bonds. The number of hydrogen-bond donors (Lipinski definition) is 0. The van der Waals surface area contributed by atoms with E-state index in [0.29, 0.717) is 21.7 Å². The highest BCUT2D eigenvalue weighted by atomic mass is 79.9. The van der Waals surface area contributed by atoms with Crippen molar-refractivity contribution in [2.24, 2.45) is 0 Å². The molecule has 2 nitrogen and oxygen atoms in total. The summed E-state index contributed by atoms with van der Waals surface area (Å²) in [4.78, 5) is 8.76.